The molecule has 2 aromatic rings. The lowest BCUT2D eigenvalue weighted by molar-refractivity contribution is 0.422. The van der Waals surface area contributed by atoms with Crippen LogP contribution in [-0.4, -0.2) is 17.0 Å². The van der Waals surface area contributed by atoms with Gasteiger partial charge in [-0.3, -0.25) is 4.98 Å². The van der Waals surface area contributed by atoms with Crippen LogP contribution in [0.15, 0.2) is 30.6 Å². The summed E-state index contributed by atoms with van der Waals surface area (Å²) in [6, 6.07) is 3.04. The molecule has 0 spiro atoms. The van der Waals surface area contributed by atoms with Crippen LogP contribution in [0.1, 0.15) is 0 Å². The van der Waals surface area contributed by atoms with E-state index in [1.807, 2.05) is 0 Å². The molecule has 88 valence electrons. The van der Waals surface area contributed by atoms with Crippen LogP contribution in [-0.2, 0) is 0 Å². The monoisotopic (exact) mass is 237 g/mol. The van der Waals surface area contributed by atoms with Crippen LogP contribution in [0.5, 0.6) is 11.6 Å². The minimum atomic E-state index is -0.790. The van der Waals surface area contributed by atoms with Crippen molar-refractivity contribution < 1.29 is 13.5 Å². The second kappa shape index (κ2) is 4.73. The molecule has 0 aliphatic carbocycles. The summed E-state index contributed by atoms with van der Waals surface area (Å²) >= 11 is 0. The van der Waals surface area contributed by atoms with E-state index in [2.05, 4.69) is 15.3 Å². The van der Waals surface area contributed by atoms with E-state index in [0.717, 1.165) is 12.1 Å². The molecule has 1 aromatic carbocycles. The van der Waals surface area contributed by atoms with Gasteiger partial charge in [-0.2, -0.15) is 4.98 Å². The number of nitrogens with zero attached hydrogens (tertiary/aromatic N) is 2. The molecule has 0 saturated heterocycles. The lowest BCUT2D eigenvalue weighted by Gasteiger charge is -2.06. The summed E-state index contributed by atoms with van der Waals surface area (Å²) in [6.45, 7) is 0. The molecular formula is C11H9F2N3O. The Morgan fingerprint density at radius 3 is 2.76 bits per heavy atom. The van der Waals surface area contributed by atoms with Crippen molar-refractivity contribution in [2.45, 2.75) is 0 Å². The van der Waals surface area contributed by atoms with Gasteiger partial charge in [0.05, 0.1) is 12.4 Å². The lowest BCUT2D eigenvalue weighted by atomic mass is 10.3. The van der Waals surface area contributed by atoms with E-state index in [-0.39, 0.29) is 11.6 Å². The Hall–Kier alpha value is -2.24. The quantitative estimate of drug-likeness (QED) is 0.891. The van der Waals surface area contributed by atoms with Crippen LogP contribution < -0.4 is 10.1 Å². The molecule has 0 bridgehead atoms. The van der Waals surface area contributed by atoms with Crippen molar-refractivity contribution in [3.05, 3.63) is 42.2 Å². The van der Waals surface area contributed by atoms with E-state index in [4.69, 9.17) is 4.74 Å². The Morgan fingerprint density at radius 2 is 2.06 bits per heavy atom. The fraction of sp³-hybridized carbons (Fsp3) is 0.0909. The average molecular weight is 237 g/mol. The molecule has 2 rings (SSSR count). The molecule has 1 N–H and O–H groups in total. The van der Waals surface area contributed by atoms with Crippen LogP contribution >= 0.6 is 0 Å². The Bertz CT molecular complexity index is 534. The number of halogens is 2. The van der Waals surface area contributed by atoms with Crippen molar-refractivity contribution in [3.8, 4) is 11.6 Å². The molecule has 6 heteroatoms. The molecule has 0 unspecified atom stereocenters. The topological polar surface area (TPSA) is 47.0 Å². The summed E-state index contributed by atoms with van der Waals surface area (Å²) < 4.78 is 31.1. The summed E-state index contributed by atoms with van der Waals surface area (Å²) in [7, 11) is 1.67. The summed E-state index contributed by atoms with van der Waals surface area (Å²) in [5.41, 5.74) is 0. The van der Waals surface area contributed by atoms with Gasteiger partial charge in [-0.25, -0.2) is 8.78 Å². The molecule has 1 aromatic heterocycles. The van der Waals surface area contributed by atoms with Crippen LogP contribution in [0.2, 0.25) is 0 Å². The third-order valence-electron chi connectivity index (χ3n) is 1.98. The van der Waals surface area contributed by atoms with Gasteiger partial charge in [0.1, 0.15) is 11.6 Å². The van der Waals surface area contributed by atoms with Gasteiger partial charge in [-0.05, 0) is 12.1 Å². The second-order valence-electron chi connectivity index (χ2n) is 3.17. The molecule has 0 saturated carbocycles. The van der Waals surface area contributed by atoms with Gasteiger partial charge in [0, 0.05) is 13.1 Å². The molecular weight excluding hydrogens is 228 g/mol. The van der Waals surface area contributed by atoms with Crippen LogP contribution in [0.3, 0.4) is 0 Å². The van der Waals surface area contributed by atoms with Crippen molar-refractivity contribution in [2.75, 3.05) is 12.4 Å². The third-order valence-corrected chi connectivity index (χ3v) is 1.98. The van der Waals surface area contributed by atoms with E-state index >= 15 is 0 Å². The van der Waals surface area contributed by atoms with Gasteiger partial charge in [0.15, 0.2) is 11.6 Å². The molecule has 0 atom stereocenters. The summed E-state index contributed by atoms with van der Waals surface area (Å²) in [5.74, 6) is -0.937. The van der Waals surface area contributed by atoms with Crippen molar-refractivity contribution in [3.63, 3.8) is 0 Å². The number of nitrogens with one attached hydrogen (secondary N) is 1. The van der Waals surface area contributed by atoms with Gasteiger partial charge in [0.2, 0.25) is 5.88 Å². The Morgan fingerprint density at radius 1 is 1.24 bits per heavy atom. The Kier molecular flexibility index (Phi) is 3.13. The van der Waals surface area contributed by atoms with Crippen molar-refractivity contribution in [1.29, 1.82) is 0 Å². The highest BCUT2D eigenvalue weighted by Crippen LogP contribution is 2.23. The van der Waals surface area contributed by atoms with Gasteiger partial charge in [0.25, 0.3) is 0 Å². The molecule has 4 nitrogen and oxygen atoms in total. The number of hydrogen-bond acceptors (Lipinski definition) is 4. The highest BCUT2D eigenvalue weighted by atomic mass is 19.1. The van der Waals surface area contributed by atoms with Crippen LogP contribution in [0, 0.1) is 11.6 Å². The van der Waals surface area contributed by atoms with Gasteiger partial charge in [-0.15, -0.1) is 0 Å². The molecule has 0 amide bonds. The molecule has 0 aliphatic rings. The van der Waals surface area contributed by atoms with Crippen LogP contribution in [0.25, 0.3) is 0 Å². The molecule has 17 heavy (non-hydrogen) atoms. The van der Waals surface area contributed by atoms with E-state index in [0.29, 0.717) is 5.82 Å². The lowest BCUT2D eigenvalue weighted by Crippen LogP contribution is -1.97. The molecule has 0 radical (unpaired) electrons. The number of ether oxygens (including phenoxy) is 1. The van der Waals surface area contributed by atoms with E-state index in [1.54, 1.807) is 7.05 Å². The predicted molar refractivity (Wildman–Crippen MR) is 58.0 cm³/mol. The number of anilines is 1. The fourth-order valence-corrected chi connectivity index (χ4v) is 1.19. The van der Waals surface area contributed by atoms with Gasteiger partial charge >= 0.3 is 0 Å². The minimum absolute atomic E-state index is 0.103. The smallest absolute Gasteiger partial charge is 0.239 e. The first-order valence-electron chi connectivity index (χ1n) is 4.82. The van der Waals surface area contributed by atoms with E-state index < -0.39 is 11.6 Å². The first-order valence-corrected chi connectivity index (χ1v) is 4.82. The zero-order valence-electron chi connectivity index (χ0n) is 8.95. The second-order valence-corrected chi connectivity index (χ2v) is 3.17. The maximum absolute atomic E-state index is 13.3. The number of rotatable bonds is 3. The summed E-state index contributed by atoms with van der Waals surface area (Å²) in [4.78, 5) is 7.85. The summed E-state index contributed by atoms with van der Waals surface area (Å²) in [5, 5.41) is 2.77. The first-order chi connectivity index (χ1) is 8.19. The van der Waals surface area contributed by atoms with E-state index in [1.165, 1.54) is 18.5 Å². The number of aromatic nitrogens is 2. The normalized spacial score (nSPS) is 10.1. The van der Waals surface area contributed by atoms with Crippen molar-refractivity contribution in [1.82, 2.24) is 9.97 Å². The molecule has 0 fully saturated rings. The maximum Gasteiger partial charge on any atom is 0.239 e. The molecule has 0 aliphatic heterocycles. The Balaban J connectivity index is 2.25. The fourth-order valence-electron chi connectivity index (χ4n) is 1.19. The summed E-state index contributed by atoms with van der Waals surface area (Å²) in [6.07, 6.45) is 2.83. The Labute approximate surface area is 96.3 Å². The number of hydrogen-bond donors (Lipinski definition) is 1. The first kappa shape index (κ1) is 11.3. The highest BCUT2D eigenvalue weighted by molar-refractivity contribution is 5.34. The van der Waals surface area contributed by atoms with Crippen molar-refractivity contribution in [2.24, 2.45) is 0 Å². The zero-order valence-corrected chi connectivity index (χ0v) is 8.95. The largest absolute Gasteiger partial charge is 0.434 e. The van der Waals surface area contributed by atoms with Gasteiger partial charge < -0.3 is 10.1 Å². The van der Waals surface area contributed by atoms with Gasteiger partial charge in [-0.1, -0.05) is 0 Å². The van der Waals surface area contributed by atoms with Crippen LogP contribution in [0.4, 0.5) is 14.6 Å². The molecule has 1 heterocycles. The minimum Gasteiger partial charge on any atom is -0.434 e. The third kappa shape index (κ3) is 2.66. The predicted octanol–water partition coefficient (Wildman–Crippen LogP) is 2.59. The SMILES string of the molecule is CNc1cncc(Oc2ccc(F)cc2F)n1. The average Bonchev–Trinajstić information content (AvgIpc) is 2.33. The zero-order chi connectivity index (χ0) is 12.3. The van der Waals surface area contributed by atoms with Crippen molar-refractivity contribution >= 4 is 5.82 Å². The number of benzene rings is 1. The maximum atomic E-state index is 13.3. The van der Waals surface area contributed by atoms with E-state index in [9.17, 15) is 8.78 Å². The highest BCUT2D eigenvalue weighted by Gasteiger charge is 2.07. The standard InChI is InChI=1S/C11H9F2N3O/c1-14-10-5-15-6-11(16-10)17-9-3-2-7(12)4-8(9)13/h2-6H,1H3,(H,14,16).